The molecule has 1 aliphatic rings. The van der Waals surface area contributed by atoms with Crippen LogP contribution in [0.2, 0.25) is 0 Å². The Morgan fingerprint density at radius 3 is 2.44 bits per heavy atom. The van der Waals surface area contributed by atoms with Crippen molar-refractivity contribution >= 4 is 22.4 Å². The van der Waals surface area contributed by atoms with Crippen LogP contribution in [0, 0.1) is 12.7 Å². The summed E-state index contributed by atoms with van der Waals surface area (Å²) in [5, 5.41) is 12.3. The minimum atomic E-state index is -3.29. The van der Waals surface area contributed by atoms with Crippen LogP contribution in [0.1, 0.15) is 36.7 Å². The van der Waals surface area contributed by atoms with Gasteiger partial charge in [-0.15, -0.1) is 5.10 Å². The largest absolute Gasteiger partial charge is 0.377 e. The van der Waals surface area contributed by atoms with Crippen molar-refractivity contribution in [3.05, 3.63) is 53.1 Å². The van der Waals surface area contributed by atoms with Gasteiger partial charge in [0.2, 0.25) is 0 Å². The third kappa shape index (κ3) is 4.52. The van der Waals surface area contributed by atoms with Gasteiger partial charge in [-0.05, 0) is 19.9 Å². The summed E-state index contributed by atoms with van der Waals surface area (Å²) in [4.78, 5) is 6.71. The van der Waals surface area contributed by atoms with Gasteiger partial charge in [0.15, 0.2) is 5.82 Å². The maximum atomic E-state index is 14.9. The lowest BCUT2D eigenvalue weighted by Crippen LogP contribution is -2.27. The fourth-order valence-electron chi connectivity index (χ4n) is 4.34. The molecular formula is C24H28F3N5O2. The van der Waals surface area contributed by atoms with Crippen molar-refractivity contribution in [2.24, 2.45) is 0 Å². The number of halogens is 3. The third-order valence-electron chi connectivity index (χ3n) is 6.28. The lowest BCUT2D eigenvalue weighted by molar-refractivity contribution is -0.00461. The van der Waals surface area contributed by atoms with Gasteiger partial charge in [-0.1, -0.05) is 18.2 Å². The number of rotatable bonds is 7. The van der Waals surface area contributed by atoms with Crippen LogP contribution in [-0.4, -0.2) is 54.7 Å². The van der Waals surface area contributed by atoms with E-state index in [-0.39, 0.29) is 17.8 Å². The number of nitrogens with one attached hydrogen (secondary N) is 1. The number of anilines is 2. The Hall–Kier alpha value is -2.98. The predicted octanol–water partition coefficient (Wildman–Crippen LogP) is 4.61. The van der Waals surface area contributed by atoms with Crippen molar-refractivity contribution in [3.63, 3.8) is 0 Å². The SMILES string of the molecule is CO[C@H]1CN(c2cnc3c(C)nnc(N[C@H](C)c4cccc(C(C)(F)F)c4F)c3c2)C[C@H]1OC. The summed E-state index contributed by atoms with van der Waals surface area (Å²) in [5.74, 6) is -3.84. The number of aromatic nitrogens is 3. The second kappa shape index (κ2) is 9.34. The van der Waals surface area contributed by atoms with Crippen LogP contribution in [-0.2, 0) is 15.4 Å². The number of fused-ring (bicyclic) bond motifs is 1. The molecule has 1 aliphatic heterocycles. The van der Waals surface area contributed by atoms with Crippen LogP contribution in [0.15, 0.2) is 30.5 Å². The Bertz CT molecular complexity index is 1180. The summed E-state index contributed by atoms with van der Waals surface area (Å²) < 4.78 is 53.6. The molecule has 3 heterocycles. The number of pyridine rings is 1. The van der Waals surface area contributed by atoms with Crippen molar-refractivity contribution in [1.29, 1.82) is 0 Å². The molecule has 182 valence electrons. The fraction of sp³-hybridized carbons (Fsp3) is 0.458. The average Bonchev–Trinajstić information content (AvgIpc) is 3.23. The van der Waals surface area contributed by atoms with Crippen LogP contribution < -0.4 is 10.2 Å². The van der Waals surface area contributed by atoms with Gasteiger partial charge in [-0.3, -0.25) is 4.98 Å². The molecule has 3 aromatic rings. The Kier molecular flexibility index (Phi) is 6.64. The molecular weight excluding hydrogens is 447 g/mol. The normalized spacial score (nSPS) is 19.6. The standard InChI is InChI=1S/C24H28F3N5O2/c1-13(16-7-6-8-18(21(16)25)24(3,26)27)29-23-17-9-15(10-28-22(17)14(2)30-31-23)32-11-19(33-4)20(12-32)34-5/h6-10,13,19-20H,11-12H2,1-5H3,(H,29,31)/t13-,19-,20+/m1/s1. The first-order valence-electron chi connectivity index (χ1n) is 11.0. The van der Waals surface area contributed by atoms with E-state index in [9.17, 15) is 13.2 Å². The van der Waals surface area contributed by atoms with Crippen LogP contribution in [0.4, 0.5) is 24.7 Å². The molecule has 2 aromatic heterocycles. The van der Waals surface area contributed by atoms with Gasteiger partial charge in [0.1, 0.15) is 18.0 Å². The second-order valence-electron chi connectivity index (χ2n) is 8.64. The zero-order chi connectivity index (χ0) is 24.6. The quantitative estimate of drug-likeness (QED) is 0.535. The number of aryl methyl sites for hydroxylation is 1. The molecule has 0 radical (unpaired) electrons. The van der Waals surface area contributed by atoms with Crippen molar-refractivity contribution in [2.75, 3.05) is 37.5 Å². The molecule has 4 rings (SSSR count). The molecule has 0 bridgehead atoms. The molecule has 7 nitrogen and oxygen atoms in total. The number of methoxy groups -OCH3 is 2. The van der Waals surface area contributed by atoms with Gasteiger partial charge in [-0.25, -0.2) is 13.2 Å². The van der Waals surface area contributed by atoms with Crippen molar-refractivity contribution < 1.29 is 22.6 Å². The molecule has 0 spiro atoms. The Morgan fingerprint density at radius 2 is 1.82 bits per heavy atom. The molecule has 34 heavy (non-hydrogen) atoms. The van der Waals surface area contributed by atoms with E-state index in [2.05, 4.69) is 25.4 Å². The highest BCUT2D eigenvalue weighted by atomic mass is 19.3. The van der Waals surface area contributed by atoms with Gasteiger partial charge in [-0.2, -0.15) is 5.10 Å². The first kappa shape index (κ1) is 24.2. The van der Waals surface area contributed by atoms with Crippen LogP contribution in [0.5, 0.6) is 0 Å². The number of alkyl halides is 2. The summed E-state index contributed by atoms with van der Waals surface area (Å²) in [6.07, 6.45) is 1.63. The molecule has 0 saturated carbocycles. The Labute approximate surface area is 196 Å². The summed E-state index contributed by atoms with van der Waals surface area (Å²) in [6.45, 7) is 5.46. The first-order valence-corrected chi connectivity index (χ1v) is 11.0. The van der Waals surface area contributed by atoms with Gasteiger partial charge in [0, 0.05) is 45.2 Å². The van der Waals surface area contributed by atoms with Crippen molar-refractivity contribution in [3.8, 4) is 0 Å². The number of ether oxygens (including phenoxy) is 2. The summed E-state index contributed by atoms with van der Waals surface area (Å²) in [7, 11) is 3.31. The van der Waals surface area contributed by atoms with Crippen LogP contribution in [0.25, 0.3) is 10.9 Å². The summed E-state index contributed by atoms with van der Waals surface area (Å²) >= 11 is 0. The summed E-state index contributed by atoms with van der Waals surface area (Å²) in [5.41, 5.74) is 1.62. The molecule has 1 aromatic carbocycles. The molecule has 0 amide bonds. The van der Waals surface area contributed by atoms with E-state index in [0.717, 1.165) is 11.8 Å². The van der Waals surface area contributed by atoms with Gasteiger partial charge in [0.05, 0.1) is 34.7 Å². The predicted molar refractivity (Wildman–Crippen MR) is 124 cm³/mol. The molecule has 10 heteroatoms. The molecule has 1 N–H and O–H groups in total. The zero-order valence-corrected chi connectivity index (χ0v) is 19.8. The van der Waals surface area contributed by atoms with E-state index in [1.807, 2.05) is 6.07 Å². The second-order valence-corrected chi connectivity index (χ2v) is 8.64. The lowest BCUT2D eigenvalue weighted by atomic mass is 10.0. The number of benzene rings is 1. The molecule has 3 atom stereocenters. The lowest BCUT2D eigenvalue weighted by Gasteiger charge is -2.21. The average molecular weight is 476 g/mol. The Balaban J connectivity index is 1.69. The van der Waals surface area contributed by atoms with Gasteiger partial charge >= 0.3 is 0 Å². The molecule has 0 unspecified atom stereocenters. The minimum absolute atomic E-state index is 0.0671. The molecule has 0 aliphatic carbocycles. The van der Waals surface area contributed by atoms with Crippen LogP contribution in [0.3, 0.4) is 0 Å². The van der Waals surface area contributed by atoms with Crippen LogP contribution >= 0.6 is 0 Å². The highest BCUT2D eigenvalue weighted by molar-refractivity contribution is 5.92. The maximum absolute atomic E-state index is 14.9. The number of hydrogen-bond acceptors (Lipinski definition) is 7. The highest BCUT2D eigenvalue weighted by Gasteiger charge is 2.34. The first-order chi connectivity index (χ1) is 16.1. The van der Waals surface area contributed by atoms with Crippen molar-refractivity contribution in [1.82, 2.24) is 15.2 Å². The van der Waals surface area contributed by atoms with E-state index in [1.54, 1.807) is 34.3 Å². The molecule has 1 fully saturated rings. The Morgan fingerprint density at radius 1 is 1.15 bits per heavy atom. The summed E-state index contributed by atoms with van der Waals surface area (Å²) in [6, 6.07) is 5.30. The maximum Gasteiger partial charge on any atom is 0.273 e. The fourth-order valence-corrected chi connectivity index (χ4v) is 4.34. The van der Waals surface area contributed by atoms with E-state index < -0.39 is 23.3 Å². The third-order valence-corrected chi connectivity index (χ3v) is 6.28. The van der Waals surface area contributed by atoms with E-state index in [4.69, 9.17) is 9.47 Å². The number of hydrogen-bond donors (Lipinski definition) is 1. The topological polar surface area (TPSA) is 72.4 Å². The van der Waals surface area contributed by atoms with E-state index in [1.165, 1.54) is 12.1 Å². The van der Waals surface area contributed by atoms with Crippen molar-refractivity contribution in [2.45, 2.75) is 44.9 Å². The molecule has 1 saturated heterocycles. The monoisotopic (exact) mass is 475 g/mol. The van der Waals surface area contributed by atoms with E-state index >= 15 is 0 Å². The number of nitrogens with zero attached hydrogens (tertiary/aromatic N) is 4. The zero-order valence-electron chi connectivity index (χ0n) is 19.8. The van der Waals surface area contributed by atoms with Gasteiger partial charge < -0.3 is 19.7 Å². The van der Waals surface area contributed by atoms with Gasteiger partial charge in [0.25, 0.3) is 5.92 Å². The minimum Gasteiger partial charge on any atom is -0.377 e. The van der Waals surface area contributed by atoms with E-state index in [0.29, 0.717) is 42.4 Å². The highest BCUT2D eigenvalue weighted by Crippen LogP contribution is 2.34. The smallest absolute Gasteiger partial charge is 0.273 e.